The molecule has 0 aliphatic heterocycles. The molecular formula is C12H15BrF4IN3. The molecule has 0 aliphatic rings. The molecule has 0 heterocycles. The van der Waals surface area contributed by atoms with Crippen molar-refractivity contribution in [1.82, 2.24) is 10.6 Å². The normalized spacial score (nSPS) is 11.8. The van der Waals surface area contributed by atoms with Gasteiger partial charge in [-0.2, -0.15) is 13.2 Å². The van der Waals surface area contributed by atoms with Gasteiger partial charge in [0.05, 0.1) is 6.42 Å². The van der Waals surface area contributed by atoms with Crippen molar-refractivity contribution < 1.29 is 17.6 Å². The number of nitrogens with one attached hydrogen (secondary N) is 2. The van der Waals surface area contributed by atoms with Crippen LogP contribution in [0.4, 0.5) is 17.6 Å². The number of alkyl halides is 3. The lowest BCUT2D eigenvalue weighted by molar-refractivity contribution is -0.132. The second kappa shape index (κ2) is 9.44. The maximum atomic E-state index is 13.1. The number of aliphatic imine (C=N–C) groups is 1. The third-order valence-electron chi connectivity index (χ3n) is 2.31. The number of nitrogens with zero attached hydrogens (tertiary/aromatic N) is 1. The zero-order valence-corrected chi connectivity index (χ0v) is 15.0. The van der Waals surface area contributed by atoms with E-state index in [1.54, 1.807) is 6.07 Å². The highest BCUT2D eigenvalue weighted by Gasteiger charge is 2.26. The molecule has 0 radical (unpaired) electrons. The van der Waals surface area contributed by atoms with Crippen LogP contribution in [0.25, 0.3) is 0 Å². The van der Waals surface area contributed by atoms with Gasteiger partial charge in [-0.3, -0.25) is 4.99 Å². The number of halogens is 6. The lowest BCUT2D eigenvalue weighted by Gasteiger charge is -2.13. The predicted molar refractivity (Wildman–Crippen MR) is 88.4 cm³/mol. The standard InChI is InChI=1S/C12H14BrF4N3.HI/c1-18-11(19-3-2-12(15,16)17)20-7-8-4-9(13)6-10(14)5-8;/h4-6H,2-3,7H2,1H3,(H2,18,19,20);1H. The first kappa shape index (κ1) is 20.4. The summed E-state index contributed by atoms with van der Waals surface area (Å²) in [5.41, 5.74) is 0.649. The molecule has 120 valence electrons. The third-order valence-corrected chi connectivity index (χ3v) is 2.76. The molecule has 1 rings (SSSR count). The molecule has 0 fully saturated rings. The zero-order chi connectivity index (χ0) is 15.2. The summed E-state index contributed by atoms with van der Waals surface area (Å²) in [6.45, 7) is -0.0158. The van der Waals surface area contributed by atoms with E-state index in [9.17, 15) is 17.6 Å². The molecule has 1 aromatic rings. The molecule has 2 N–H and O–H groups in total. The summed E-state index contributed by atoms with van der Waals surface area (Å²) in [5.74, 6) is -0.161. The Morgan fingerprint density at radius 3 is 2.43 bits per heavy atom. The van der Waals surface area contributed by atoms with E-state index in [1.165, 1.54) is 19.2 Å². The van der Waals surface area contributed by atoms with E-state index in [-0.39, 0.29) is 43.0 Å². The number of benzene rings is 1. The van der Waals surface area contributed by atoms with Gasteiger partial charge in [-0.05, 0) is 23.8 Å². The number of hydrogen-bond donors (Lipinski definition) is 2. The van der Waals surface area contributed by atoms with Crippen molar-refractivity contribution in [2.75, 3.05) is 13.6 Å². The molecular weight excluding hydrogens is 469 g/mol. The van der Waals surface area contributed by atoms with Gasteiger partial charge in [-0.25, -0.2) is 4.39 Å². The molecule has 1 aromatic carbocycles. The molecule has 9 heteroatoms. The van der Waals surface area contributed by atoms with Gasteiger partial charge in [-0.15, -0.1) is 24.0 Å². The topological polar surface area (TPSA) is 36.4 Å². The van der Waals surface area contributed by atoms with Crippen LogP contribution in [0.15, 0.2) is 27.7 Å². The largest absolute Gasteiger partial charge is 0.390 e. The zero-order valence-electron chi connectivity index (χ0n) is 11.1. The van der Waals surface area contributed by atoms with E-state index in [2.05, 4.69) is 31.6 Å². The Labute approximate surface area is 145 Å². The summed E-state index contributed by atoms with van der Waals surface area (Å²) in [4.78, 5) is 3.79. The quantitative estimate of drug-likeness (QED) is 0.295. The van der Waals surface area contributed by atoms with Crippen LogP contribution in [0.2, 0.25) is 0 Å². The van der Waals surface area contributed by atoms with Crippen molar-refractivity contribution >= 4 is 45.9 Å². The summed E-state index contributed by atoms with van der Waals surface area (Å²) in [5, 5.41) is 5.35. The van der Waals surface area contributed by atoms with Crippen LogP contribution in [-0.2, 0) is 6.54 Å². The molecule has 0 spiro atoms. The van der Waals surface area contributed by atoms with Crippen LogP contribution in [-0.4, -0.2) is 25.7 Å². The van der Waals surface area contributed by atoms with Gasteiger partial charge < -0.3 is 10.6 Å². The summed E-state index contributed by atoms with van der Waals surface area (Å²) in [6.07, 6.45) is -5.15. The van der Waals surface area contributed by atoms with E-state index in [0.717, 1.165) is 0 Å². The van der Waals surface area contributed by atoms with Gasteiger partial charge in [0.15, 0.2) is 5.96 Å². The fraction of sp³-hybridized carbons (Fsp3) is 0.417. The van der Waals surface area contributed by atoms with Crippen molar-refractivity contribution in [3.63, 3.8) is 0 Å². The first-order chi connectivity index (χ1) is 9.30. The van der Waals surface area contributed by atoms with E-state index in [0.29, 0.717) is 10.0 Å². The summed E-state index contributed by atoms with van der Waals surface area (Å²) in [6, 6.07) is 4.36. The minimum atomic E-state index is -4.21. The highest BCUT2D eigenvalue weighted by molar-refractivity contribution is 14.0. The van der Waals surface area contributed by atoms with Gasteiger partial charge in [-0.1, -0.05) is 15.9 Å². The molecule has 0 saturated heterocycles. The van der Waals surface area contributed by atoms with Gasteiger partial charge in [0.25, 0.3) is 0 Å². The van der Waals surface area contributed by atoms with E-state index >= 15 is 0 Å². The Morgan fingerprint density at radius 2 is 1.90 bits per heavy atom. The summed E-state index contributed by atoms with van der Waals surface area (Å²) >= 11 is 3.16. The Hall–Kier alpha value is -0.580. The van der Waals surface area contributed by atoms with Crippen LogP contribution in [0.5, 0.6) is 0 Å². The lowest BCUT2D eigenvalue weighted by Crippen LogP contribution is -2.38. The lowest BCUT2D eigenvalue weighted by atomic mass is 10.2. The second-order valence-electron chi connectivity index (χ2n) is 4.00. The van der Waals surface area contributed by atoms with Crippen LogP contribution in [0.3, 0.4) is 0 Å². The van der Waals surface area contributed by atoms with Crippen molar-refractivity contribution in [2.45, 2.75) is 19.1 Å². The molecule has 0 unspecified atom stereocenters. The van der Waals surface area contributed by atoms with Gasteiger partial charge in [0.2, 0.25) is 0 Å². The first-order valence-corrected chi connectivity index (χ1v) is 6.55. The first-order valence-electron chi connectivity index (χ1n) is 5.76. The maximum absolute atomic E-state index is 13.1. The van der Waals surface area contributed by atoms with E-state index in [4.69, 9.17) is 0 Å². The molecule has 0 saturated carbocycles. The van der Waals surface area contributed by atoms with Crippen molar-refractivity contribution in [2.24, 2.45) is 4.99 Å². The highest BCUT2D eigenvalue weighted by atomic mass is 127. The Bertz CT molecular complexity index is 460. The smallest absolute Gasteiger partial charge is 0.356 e. The molecule has 0 aliphatic carbocycles. The third kappa shape index (κ3) is 9.12. The van der Waals surface area contributed by atoms with Crippen LogP contribution in [0.1, 0.15) is 12.0 Å². The van der Waals surface area contributed by atoms with Crippen molar-refractivity contribution in [3.8, 4) is 0 Å². The Balaban J connectivity index is 0.00000400. The van der Waals surface area contributed by atoms with E-state index < -0.39 is 18.4 Å². The van der Waals surface area contributed by atoms with Gasteiger partial charge >= 0.3 is 6.18 Å². The summed E-state index contributed by atoms with van der Waals surface area (Å²) < 4.78 is 49.7. The number of guanidine groups is 1. The van der Waals surface area contributed by atoms with Crippen LogP contribution in [0, 0.1) is 5.82 Å². The fourth-order valence-electron chi connectivity index (χ4n) is 1.44. The monoisotopic (exact) mass is 483 g/mol. The number of hydrogen-bond acceptors (Lipinski definition) is 1. The average molecular weight is 484 g/mol. The molecule has 0 bridgehead atoms. The number of rotatable bonds is 4. The highest BCUT2D eigenvalue weighted by Crippen LogP contribution is 2.18. The van der Waals surface area contributed by atoms with Crippen LogP contribution < -0.4 is 10.6 Å². The van der Waals surface area contributed by atoms with Gasteiger partial charge in [0, 0.05) is 24.6 Å². The minimum Gasteiger partial charge on any atom is -0.356 e. The Kier molecular flexibility index (Phi) is 9.18. The molecule has 0 aromatic heterocycles. The van der Waals surface area contributed by atoms with E-state index in [1.807, 2.05) is 0 Å². The van der Waals surface area contributed by atoms with Gasteiger partial charge in [0.1, 0.15) is 5.82 Å². The Morgan fingerprint density at radius 1 is 1.24 bits per heavy atom. The SMILES string of the molecule is CN=C(NCCC(F)(F)F)NCc1cc(F)cc(Br)c1.I. The maximum Gasteiger partial charge on any atom is 0.390 e. The predicted octanol–water partition coefficient (Wildman–Crippen LogP) is 3.82. The molecule has 3 nitrogen and oxygen atoms in total. The molecule has 21 heavy (non-hydrogen) atoms. The molecule has 0 atom stereocenters. The summed E-state index contributed by atoms with van der Waals surface area (Å²) in [7, 11) is 1.45. The second-order valence-corrected chi connectivity index (χ2v) is 4.91. The fourth-order valence-corrected chi connectivity index (χ4v) is 1.95. The minimum absolute atomic E-state index is 0. The van der Waals surface area contributed by atoms with Crippen LogP contribution >= 0.6 is 39.9 Å². The average Bonchev–Trinajstić information content (AvgIpc) is 2.30. The molecule has 0 amide bonds. The van der Waals surface area contributed by atoms with Crippen molar-refractivity contribution in [3.05, 3.63) is 34.1 Å². The van der Waals surface area contributed by atoms with Crippen molar-refractivity contribution in [1.29, 1.82) is 0 Å².